The minimum Gasteiger partial charge on any atom is -0.396 e. The first-order chi connectivity index (χ1) is 5.47. The molecule has 3 nitrogen and oxygen atoms in total. The van der Waals surface area contributed by atoms with E-state index in [1.165, 1.54) is 0 Å². The average Bonchev–Trinajstić information content (AvgIpc) is 1.98. The van der Waals surface area contributed by atoms with Crippen molar-refractivity contribution in [2.45, 2.75) is 31.7 Å². The number of hydrogen-bond acceptors (Lipinski definition) is 3. The maximum atomic E-state index is 13.5. The number of alkyl halides is 1. The highest BCUT2D eigenvalue weighted by atomic mass is 19.1. The number of rotatable bonds is 2. The molecule has 1 heterocycles. The molecular formula is C8H15FO3. The van der Waals surface area contributed by atoms with Gasteiger partial charge in [0, 0.05) is 13.0 Å². The van der Waals surface area contributed by atoms with Crippen LogP contribution in [-0.4, -0.2) is 36.4 Å². The van der Waals surface area contributed by atoms with Crippen molar-refractivity contribution in [2.75, 3.05) is 19.8 Å². The molecule has 0 aromatic rings. The average molecular weight is 178 g/mol. The van der Waals surface area contributed by atoms with Crippen molar-refractivity contribution in [1.29, 1.82) is 0 Å². The van der Waals surface area contributed by atoms with Gasteiger partial charge in [-0.1, -0.05) is 0 Å². The normalized spacial score (nSPS) is 27.0. The first kappa shape index (κ1) is 9.89. The molecular weight excluding hydrogens is 163 g/mol. The molecule has 0 unspecified atom stereocenters. The van der Waals surface area contributed by atoms with Gasteiger partial charge >= 0.3 is 0 Å². The summed E-state index contributed by atoms with van der Waals surface area (Å²) in [6, 6.07) is 0. The van der Waals surface area contributed by atoms with E-state index in [1.54, 1.807) is 13.8 Å². The molecule has 0 aromatic heterocycles. The largest absolute Gasteiger partial charge is 0.396 e. The molecule has 0 saturated carbocycles. The van der Waals surface area contributed by atoms with Crippen molar-refractivity contribution in [3.8, 4) is 0 Å². The molecule has 0 amide bonds. The van der Waals surface area contributed by atoms with Crippen LogP contribution < -0.4 is 0 Å². The van der Waals surface area contributed by atoms with Crippen molar-refractivity contribution in [3.05, 3.63) is 0 Å². The second-order valence-electron chi connectivity index (χ2n) is 3.60. The van der Waals surface area contributed by atoms with E-state index in [1.807, 2.05) is 0 Å². The summed E-state index contributed by atoms with van der Waals surface area (Å²) in [6.07, 6.45) is 0.0725. The molecule has 0 aliphatic carbocycles. The number of aliphatic hydroxyl groups is 1. The van der Waals surface area contributed by atoms with Gasteiger partial charge < -0.3 is 14.6 Å². The summed E-state index contributed by atoms with van der Waals surface area (Å²) in [6.45, 7) is 3.31. The van der Waals surface area contributed by atoms with E-state index in [9.17, 15) is 4.39 Å². The Balaban J connectivity index is 2.44. The summed E-state index contributed by atoms with van der Waals surface area (Å²) in [5.41, 5.74) is -1.51. The van der Waals surface area contributed by atoms with Gasteiger partial charge in [-0.15, -0.1) is 0 Å². The van der Waals surface area contributed by atoms with Crippen molar-refractivity contribution in [2.24, 2.45) is 0 Å². The SMILES string of the molecule is CC1(C)OCC(F)(CCO)CO1. The molecule has 0 aromatic carbocycles. The van der Waals surface area contributed by atoms with Crippen molar-refractivity contribution >= 4 is 0 Å². The maximum absolute atomic E-state index is 13.5. The van der Waals surface area contributed by atoms with Gasteiger partial charge in [0.05, 0.1) is 13.2 Å². The molecule has 0 radical (unpaired) electrons. The van der Waals surface area contributed by atoms with Gasteiger partial charge in [-0.05, 0) is 13.8 Å². The topological polar surface area (TPSA) is 38.7 Å². The van der Waals surface area contributed by atoms with Crippen LogP contribution in [0.5, 0.6) is 0 Å². The summed E-state index contributed by atoms with van der Waals surface area (Å²) in [7, 11) is 0. The zero-order valence-electron chi connectivity index (χ0n) is 7.47. The Bertz CT molecular complexity index is 148. The minimum atomic E-state index is -1.51. The molecule has 0 atom stereocenters. The van der Waals surface area contributed by atoms with E-state index in [2.05, 4.69) is 0 Å². The van der Waals surface area contributed by atoms with Crippen LogP contribution in [0.3, 0.4) is 0 Å². The smallest absolute Gasteiger partial charge is 0.163 e. The number of ether oxygens (including phenoxy) is 2. The molecule has 1 saturated heterocycles. The number of hydrogen-bond donors (Lipinski definition) is 1. The molecule has 0 bridgehead atoms. The van der Waals surface area contributed by atoms with E-state index in [0.29, 0.717) is 0 Å². The Morgan fingerprint density at radius 2 is 1.83 bits per heavy atom. The lowest BCUT2D eigenvalue weighted by Gasteiger charge is -2.38. The van der Waals surface area contributed by atoms with Gasteiger partial charge in [0.15, 0.2) is 11.5 Å². The number of halogens is 1. The van der Waals surface area contributed by atoms with Crippen LogP contribution in [-0.2, 0) is 9.47 Å². The van der Waals surface area contributed by atoms with Crippen LogP contribution in [0.4, 0.5) is 4.39 Å². The Morgan fingerprint density at radius 1 is 1.33 bits per heavy atom. The fourth-order valence-corrected chi connectivity index (χ4v) is 1.03. The molecule has 12 heavy (non-hydrogen) atoms. The second-order valence-corrected chi connectivity index (χ2v) is 3.60. The molecule has 1 fully saturated rings. The highest BCUT2D eigenvalue weighted by molar-refractivity contribution is 4.83. The highest BCUT2D eigenvalue weighted by Gasteiger charge is 2.39. The Kier molecular flexibility index (Phi) is 2.70. The zero-order chi connectivity index (χ0) is 9.24. The van der Waals surface area contributed by atoms with Crippen LogP contribution in [0.2, 0.25) is 0 Å². The Hall–Kier alpha value is -0.190. The molecule has 72 valence electrons. The van der Waals surface area contributed by atoms with Gasteiger partial charge in [-0.25, -0.2) is 4.39 Å². The second kappa shape index (κ2) is 3.28. The van der Waals surface area contributed by atoms with Crippen molar-refractivity contribution in [1.82, 2.24) is 0 Å². The van der Waals surface area contributed by atoms with E-state index >= 15 is 0 Å². The van der Waals surface area contributed by atoms with E-state index < -0.39 is 11.5 Å². The van der Waals surface area contributed by atoms with Crippen molar-refractivity contribution in [3.63, 3.8) is 0 Å². The van der Waals surface area contributed by atoms with Crippen molar-refractivity contribution < 1.29 is 19.0 Å². The lowest BCUT2D eigenvalue weighted by atomic mass is 10.0. The lowest BCUT2D eigenvalue weighted by molar-refractivity contribution is -0.288. The van der Waals surface area contributed by atoms with Crippen LogP contribution in [0, 0.1) is 0 Å². The van der Waals surface area contributed by atoms with Gasteiger partial charge in [0.1, 0.15) is 0 Å². The zero-order valence-corrected chi connectivity index (χ0v) is 7.47. The van der Waals surface area contributed by atoms with Gasteiger partial charge in [0.2, 0.25) is 0 Å². The first-order valence-corrected chi connectivity index (χ1v) is 4.05. The highest BCUT2D eigenvalue weighted by Crippen LogP contribution is 2.28. The Labute approximate surface area is 71.5 Å². The summed E-state index contributed by atoms with van der Waals surface area (Å²) >= 11 is 0. The van der Waals surface area contributed by atoms with E-state index in [-0.39, 0.29) is 26.2 Å². The quantitative estimate of drug-likeness (QED) is 0.681. The summed E-state index contributed by atoms with van der Waals surface area (Å²) in [5.74, 6) is -0.689. The number of aliphatic hydroxyl groups excluding tert-OH is 1. The predicted octanol–water partition coefficient (Wildman–Crippen LogP) is 0.860. The molecule has 1 N–H and O–H groups in total. The van der Waals surface area contributed by atoms with Crippen LogP contribution >= 0.6 is 0 Å². The molecule has 0 spiro atoms. The van der Waals surface area contributed by atoms with Gasteiger partial charge in [-0.3, -0.25) is 0 Å². The minimum absolute atomic E-state index is 0.000556. The van der Waals surface area contributed by atoms with E-state index in [4.69, 9.17) is 14.6 Å². The fraction of sp³-hybridized carbons (Fsp3) is 1.00. The lowest BCUT2D eigenvalue weighted by Crippen LogP contribution is -2.48. The molecule has 1 aliphatic heterocycles. The molecule has 1 rings (SSSR count). The fourth-order valence-electron chi connectivity index (χ4n) is 1.03. The third-order valence-electron chi connectivity index (χ3n) is 1.92. The first-order valence-electron chi connectivity index (χ1n) is 4.05. The van der Waals surface area contributed by atoms with Crippen LogP contribution in [0.1, 0.15) is 20.3 Å². The Morgan fingerprint density at radius 3 is 2.25 bits per heavy atom. The third-order valence-corrected chi connectivity index (χ3v) is 1.92. The molecule has 4 heteroatoms. The summed E-state index contributed by atoms with van der Waals surface area (Å²) < 4.78 is 23.8. The predicted molar refractivity (Wildman–Crippen MR) is 41.5 cm³/mol. The summed E-state index contributed by atoms with van der Waals surface area (Å²) in [4.78, 5) is 0. The van der Waals surface area contributed by atoms with Crippen LogP contribution in [0.25, 0.3) is 0 Å². The summed E-state index contributed by atoms with van der Waals surface area (Å²) in [5, 5.41) is 8.56. The molecule has 1 aliphatic rings. The monoisotopic (exact) mass is 178 g/mol. The van der Waals surface area contributed by atoms with Gasteiger partial charge in [0.25, 0.3) is 0 Å². The maximum Gasteiger partial charge on any atom is 0.163 e. The third kappa shape index (κ3) is 2.40. The standard InChI is InChI=1S/C8H15FO3/c1-7(2)11-5-8(9,3-4-10)6-12-7/h10H,3-6H2,1-2H3. The van der Waals surface area contributed by atoms with Gasteiger partial charge in [-0.2, -0.15) is 0 Å². The van der Waals surface area contributed by atoms with E-state index in [0.717, 1.165) is 0 Å². The van der Waals surface area contributed by atoms with Crippen LogP contribution in [0.15, 0.2) is 0 Å².